The van der Waals surface area contributed by atoms with Gasteiger partial charge in [0.05, 0.1) is 6.61 Å². The Morgan fingerprint density at radius 2 is 2.28 bits per heavy atom. The minimum Gasteiger partial charge on any atom is -0.395 e. The van der Waals surface area contributed by atoms with E-state index in [9.17, 15) is 8.42 Å². The van der Waals surface area contributed by atoms with Crippen molar-refractivity contribution < 1.29 is 13.5 Å². The molecular formula is C11H15N3O3S. The van der Waals surface area contributed by atoms with E-state index in [1.165, 1.54) is 12.3 Å². The maximum Gasteiger partial charge on any atom is 0.300 e. The van der Waals surface area contributed by atoms with Crippen molar-refractivity contribution in [1.29, 1.82) is 0 Å². The van der Waals surface area contributed by atoms with Gasteiger partial charge in [0, 0.05) is 24.7 Å². The Morgan fingerprint density at radius 3 is 2.94 bits per heavy atom. The van der Waals surface area contributed by atoms with E-state index in [1.54, 1.807) is 13.0 Å². The Morgan fingerprint density at radius 1 is 1.50 bits per heavy atom. The Balaban J connectivity index is 2.81. The van der Waals surface area contributed by atoms with Gasteiger partial charge in [0.25, 0.3) is 10.2 Å². The third-order valence-corrected chi connectivity index (χ3v) is 2.95. The van der Waals surface area contributed by atoms with Crippen LogP contribution in [0.5, 0.6) is 0 Å². The van der Waals surface area contributed by atoms with Crippen LogP contribution in [0.3, 0.4) is 0 Å². The van der Waals surface area contributed by atoms with Crippen LogP contribution < -0.4 is 9.44 Å². The van der Waals surface area contributed by atoms with Gasteiger partial charge in [0.2, 0.25) is 0 Å². The van der Waals surface area contributed by atoms with E-state index in [0.29, 0.717) is 18.5 Å². The number of hydrogen-bond donors (Lipinski definition) is 3. The van der Waals surface area contributed by atoms with Crippen molar-refractivity contribution in [2.24, 2.45) is 0 Å². The molecule has 0 atom stereocenters. The molecule has 0 radical (unpaired) electrons. The molecule has 0 aliphatic rings. The number of aliphatic hydroxyl groups is 1. The van der Waals surface area contributed by atoms with Gasteiger partial charge >= 0.3 is 0 Å². The van der Waals surface area contributed by atoms with Gasteiger partial charge in [-0.05, 0) is 12.1 Å². The Hall–Kier alpha value is -1.62. The lowest BCUT2D eigenvalue weighted by atomic mass is 10.2. The van der Waals surface area contributed by atoms with Crippen LogP contribution in [0.15, 0.2) is 18.3 Å². The van der Waals surface area contributed by atoms with Crippen LogP contribution in [0.2, 0.25) is 0 Å². The van der Waals surface area contributed by atoms with Crippen LogP contribution in [0.25, 0.3) is 0 Å². The summed E-state index contributed by atoms with van der Waals surface area (Å²) in [5.41, 5.74) is 0.632. The first-order valence-electron chi connectivity index (χ1n) is 5.40. The lowest BCUT2D eigenvalue weighted by Crippen LogP contribution is -2.30. The molecule has 7 heteroatoms. The van der Waals surface area contributed by atoms with Crippen LogP contribution in [0.1, 0.15) is 18.9 Å². The molecule has 0 aliphatic heterocycles. The van der Waals surface area contributed by atoms with Gasteiger partial charge in [-0.15, -0.1) is 0 Å². The number of nitrogens with one attached hydrogen (secondary N) is 2. The molecule has 6 nitrogen and oxygen atoms in total. The molecule has 0 aromatic carbocycles. The monoisotopic (exact) mass is 269 g/mol. The lowest BCUT2D eigenvalue weighted by Gasteiger charge is -2.06. The summed E-state index contributed by atoms with van der Waals surface area (Å²) in [6.45, 7) is 1.98. The first-order valence-corrected chi connectivity index (χ1v) is 6.89. The molecule has 0 bridgehead atoms. The first kappa shape index (κ1) is 14.4. The van der Waals surface area contributed by atoms with E-state index in [0.717, 1.165) is 0 Å². The number of aromatic nitrogens is 1. The molecule has 18 heavy (non-hydrogen) atoms. The molecule has 0 saturated heterocycles. The SMILES string of the molecule is CCNS(=O)(=O)Nc1cc(C#CCCO)ccn1. The third-order valence-electron chi connectivity index (χ3n) is 1.80. The van der Waals surface area contributed by atoms with E-state index in [2.05, 4.69) is 26.3 Å². The van der Waals surface area contributed by atoms with E-state index in [-0.39, 0.29) is 12.4 Å². The highest BCUT2D eigenvalue weighted by atomic mass is 32.2. The quantitative estimate of drug-likeness (QED) is 0.660. The van der Waals surface area contributed by atoms with Crippen molar-refractivity contribution in [1.82, 2.24) is 9.71 Å². The fraction of sp³-hybridized carbons (Fsp3) is 0.364. The van der Waals surface area contributed by atoms with Crippen molar-refractivity contribution in [3.8, 4) is 11.8 Å². The third kappa shape index (κ3) is 5.14. The summed E-state index contributed by atoms with van der Waals surface area (Å²) in [7, 11) is -3.58. The van der Waals surface area contributed by atoms with Gasteiger partial charge in [-0.25, -0.2) is 4.98 Å². The number of anilines is 1. The van der Waals surface area contributed by atoms with Crippen LogP contribution in [-0.2, 0) is 10.2 Å². The summed E-state index contributed by atoms with van der Waals surface area (Å²) >= 11 is 0. The molecule has 0 aliphatic carbocycles. The summed E-state index contributed by atoms with van der Waals surface area (Å²) < 4.78 is 27.5. The summed E-state index contributed by atoms with van der Waals surface area (Å²) in [6.07, 6.45) is 1.84. The van der Waals surface area contributed by atoms with Crippen molar-refractivity contribution in [2.45, 2.75) is 13.3 Å². The first-order chi connectivity index (χ1) is 8.57. The normalized spacial score (nSPS) is 10.6. The molecule has 0 fully saturated rings. The van der Waals surface area contributed by atoms with Crippen molar-refractivity contribution in [3.05, 3.63) is 23.9 Å². The fourth-order valence-electron chi connectivity index (χ4n) is 1.15. The van der Waals surface area contributed by atoms with Gasteiger partial charge < -0.3 is 5.11 Å². The summed E-state index contributed by atoms with van der Waals surface area (Å²) in [5.74, 6) is 5.75. The second kappa shape index (κ2) is 6.96. The van der Waals surface area contributed by atoms with Crippen LogP contribution in [0, 0.1) is 11.8 Å². The minimum absolute atomic E-state index is 0.00199. The second-order valence-electron chi connectivity index (χ2n) is 3.31. The minimum atomic E-state index is -3.58. The van der Waals surface area contributed by atoms with Crippen molar-refractivity contribution in [3.63, 3.8) is 0 Å². The van der Waals surface area contributed by atoms with Gasteiger partial charge in [-0.2, -0.15) is 13.1 Å². The molecule has 3 N–H and O–H groups in total. The fourth-order valence-corrected chi connectivity index (χ4v) is 1.99. The number of rotatable bonds is 5. The van der Waals surface area contributed by atoms with E-state index in [4.69, 9.17) is 5.11 Å². The molecule has 1 aromatic heterocycles. The van der Waals surface area contributed by atoms with Crippen molar-refractivity contribution in [2.75, 3.05) is 17.9 Å². The van der Waals surface area contributed by atoms with Gasteiger partial charge in [0.15, 0.2) is 0 Å². The van der Waals surface area contributed by atoms with E-state index < -0.39 is 10.2 Å². The number of nitrogens with zero attached hydrogens (tertiary/aromatic N) is 1. The van der Waals surface area contributed by atoms with Crippen molar-refractivity contribution >= 4 is 16.0 Å². The second-order valence-corrected chi connectivity index (χ2v) is 4.81. The van der Waals surface area contributed by atoms with Crippen LogP contribution >= 0.6 is 0 Å². The van der Waals surface area contributed by atoms with Gasteiger partial charge in [0.1, 0.15) is 5.82 Å². The predicted octanol–water partition coefficient (Wildman–Crippen LogP) is 0.0817. The van der Waals surface area contributed by atoms with E-state index >= 15 is 0 Å². The molecule has 1 rings (SSSR count). The highest BCUT2D eigenvalue weighted by molar-refractivity contribution is 7.90. The Labute approximate surface area is 107 Å². The Kier molecular flexibility index (Phi) is 5.58. The molecule has 98 valence electrons. The maximum absolute atomic E-state index is 11.4. The average Bonchev–Trinajstić information content (AvgIpc) is 2.29. The topological polar surface area (TPSA) is 91.3 Å². The molecule has 0 unspecified atom stereocenters. The summed E-state index contributed by atoms with van der Waals surface area (Å²) in [4.78, 5) is 3.89. The highest BCUT2D eigenvalue weighted by Crippen LogP contribution is 2.07. The zero-order chi connectivity index (χ0) is 13.4. The summed E-state index contributed by atoms with van der Waals surface area (Å²) in [6, 6.07) is 3.19. The molecule has 0 amide bonds. The van der Waals surface area contributed by atoms with E-state index in [1.807, 2.05) is 0 Å². The van der Waals surface area contributed by atoms with Gasteiger partial charge in [-0.1, -0.05) is 18.8 Å². The summed E-state index contributed by atoms with van der Waals surface area (Å²) in [5, 5.41) is 8.60. The maximum atomic E-state index is 11.4. The molecular weight excluding hydrogens is 254 g/mol. The molecule has 0 saturated carbocycles. The molecule has 1 aromatic rings. The zero-order valence-corrected chi connectivity index (χ0v) is 10.8. The zero-order valence-electron chi connectivity index (χ0n) is 9.97. The standard InChI is InChI=1S/C11H15N3O3S/c1-2-13-18(16,17)14-11-9-10(6-7-12-11)5-3-4-8-15/h6-7,9,13,15H,2,4,8H2,1H3,(H,12,14). The lowest BCUT2D eigenvalue weighted by molar-refractivity contribution is 0.305. The molecule has 1 heterocycles. The van der Waals surface area contributed by atoms with Crippen LogP contribution in [0.4, 0.5) is 5.82 Å². The number of hydrogen-bond acceptors (Lipinski definition) is 4. The average molecular weight is 269 g/mol. The van der Waals surface area contributed by atoms with Crippen LogP contribution in [-0.4, -0.2) is 31.7 Å². The molecule has 0 spiro atoms. The Bertz CT molecular complexity index is 546. The number of aliphatic hydroxyl groups excluding tert-OH is 1. The predicted molar refractivity (Wildman–Crippen MR) is 69.0 cm³/mol. The smallest absolute Gasteiger partial charge is 0.300 e. The largest absolute Gasteiger partial charge is 0.395 e. The highest BCUT2D eigenvalue weighted by Gasteiger charge is 2.08. The van der Waals surface area contributed by atoms with Gasteiger partial charge in [-0.3, -0.25) is 4.72 Å². The number of pyridine rings is 1.